The second-order valence-corrected chi connectivity index (χ2v) is 9.59. The predicted octanol–water partition coefficient (Wildman–Crippen LogP) is 4.38. The van der Waals surface area contributed by atoms with Gasteiger partial charge in [-0.3, -0.25) is 9.48 Å². The third-order valence-corrected chi connectivity index (χ3v) is 5.98. The number of ether oxygens (including phenoxy) is 1. The Hall–Kier alpha value is -3.42. The number of nitrogens with one attached hydrogen (secondary N) is 1. The molecule has 0 unspecified atom stereocenters. The number of aromatic nitrogens is 3. The van der Waals surface area contributed by atoms with Gasteiger partial charge in [-0.05, 0) is 51.5 Å². The van der Waals surface area contributed by atoms with Gasteiger partial charge in [0.1, 0.15) is 5.82 Å². The molecule has 3 aromatic rings. The molecule has 0 saturated carbocycles. The molecule has 8 heteroatoms. The predicted molar refractivity (Wildman–Crippen MR) is 124 cm³/mol. The molecule has 0 aliphatic carbocycles. The average Bonchev–Trinajstić information content (AvgIpc) is 3.21. The number of rotatable bonds is 3. The molecule has 174 valence electrons. The molecule has 1 aliphatic heterocycles. The van der Waals surface area contributed by atoms with Gasteiger partial charge in [0.15, 0.2) is 0 Å². The van der Waals surface area contributed by atoms with Crippen LogP contribution >= 0.6 is 0 Å². The summed E-state index contributed by atoms with van der Waals surface area (Å²) < 4.78 is 21.1. The highest BCUT2D eigenvalue weighted by atomic mass is 19.1. The molecule has 0 spiro atoms. The standard InChI is InChI=1S/C25H29FN4O3/c1-13(2)33-24(32)17-11-30(23(31)16-8-9-18(26)14(3)10-16)12-25(5,6)19-21(17)27-20-15(4)28-29(7)22(19)20/h8-11,13,27H,12H2,1-7H3. The van der Waals surface area contributed by atoms with E-state index in [1.807, 2.05) is 27.8 Å². The zero-order valence-corrected chi connectivity index (χ0v) is 20.0. The van der Waals surface area contributed by atoms with E-state index in [2.05, 4.69) is 10.1 Å². The second kappa shape index (κ2) is 7.86. The summed E-state index contributed by atoms with van der Waals surface area (Å²) in [5.41, 5.74) is 4.57. The van der Waals surface area contributed by atoms with E-state index >= 15 is 0 Å². The van der Waals surface area contributed by atoms with Crippen LogP contribution in [0, 0.1) is 19.7 Å². The number of esters is 1. The Morgan fingerprint density at radius 2 is 1.94 bits per heavy atom. The Morgan fingerprint density at radius 1 is 1.24 bits per heavy atom. The molecule has 1 amide bonds. The topological polar surface area (TPSA) is 80.2 Å². The lowest BCUT2D eigenvalue weighted by Gasteiger charge is -2.29. The molecule has 3 heterocycles. The van der Waals surface area contributed by atoms with Crippen molar-refractivity contribution in [3.8, 4) is 0 Å². The van der Waals surface area contributed by atoms with E-state index in [0.29, 0.717) is 23.4 Å². The van der Waals surface area contributed by atoms with Crippen LogP contribution in [0.4, 0.5) is 4.39 Å². The summed E-state index contributed by atoms with van der Waals surface area (Å²) in [6, 6.07) is 4.27. The van der Waals surface area contributed by atoms with Crippen molar-refractivity contribution in [2.75, 3.05) is 6.54 Å². The second-order valence-electron chi connectivity index (χ2n) is 9.59. The molecule has 7 nitrogen and oxygen atoms in total. The fraction of sp³-hybridized carbons (Fsp3) is 0.400. The quantitative estimate of drug-likeness (QED) is 0.598. The van der Waals surface area contributed by atoms with Crippen molar-refractivity contribution in [2.45, 2.75) is 53.1 Å². The van der Waals surface area contributed by atoms with E-state index in [4.69, 9.17) is 4.74 Å². The third kappa shape index (κ3) is 3.83. The highest BCUT2D eigenvalue weighted by Crippen LogP contribution is 2.41. The van der Waals surface area contributed by atoms with Crippen molar-refractivity contribution in [2.24, 2.45) is 7.05 Å². The van der Waals surface area contributed by atoms with E-state index in [9.17, 15) is 14.0 Å². The molecule has 0 radical (unpaired) electrons. The third-order valence-electron chi connectivity index (χ3n) is 5.98. The minimum atomic E-state index is -0.533. The fourth-order valence-electron chi connectivity index (χ4n) is 4.54. The maximum absolute atomic E-state index is 13.8. The van der Waals surface area contributed by atoms with Gasteiger partial charge in [0, 0.05) is 36.3 Å². The molecule has 0 fully saturated rings. The first-order valence-electron chi connectivity index (χ1n) is 11.0. The van der Waals surface area contributed by atoms with Crippen LogP contribution in [-0.4, -0.2) is 44.2 Å². The van der Waals surface area contributed by atoms with Crippen LogP contribution in [0.15, 0.2) is 24.4 Å². The number of aromatic amines is 1. The number of hydrogen-bond acceptors (Lipinski definition) is 4. The summed E-state index contributed by atoms with van der Waals surface area (Å²) >= 11 is 0. The number of nitrogens with zero attached hydrogens (tertiary/aromatic N) is 3. The van der Waals surface area contributed by atoms with Crippen molar-refractivity contribution in [3.05, 3.63) is 58.3 Å². The number of H-pyrrole nitrogens is 1. The van der Waals surface area contributed by atoms with Gasteiger partial charge >= 0.3 is 5.97 Å². The van der Waals surface area contributed by atoms with Gasteiger partial charge in [-0.25, -0.2) is 9.18 Å². The minimum Gasteiger partial charge on any atom is -0.459 e. The van der Waals surface area contributed by atoms with Crippen molar-refractivity contribution in [1.82, 2.24) is 19.7 Å². The van der Waals surface area contributed by atoms with Crippen molar-refractivity contribution >= 4 is 28.5 Å². The zero-order chi connectivity index (χ0) is 24.2. The number of carbonyl (C=O) groups excluding carboxylic acids is 2. The van der Waals surface area contributed by atoms with Gasteiger partial charge in [0.25, 0.3) is 5.91 Å². The van der Waals surface area contributed by atoms with Crippen LogP contribution in [0.1, 0.15) is 60.6 Å². The van der Waals surface area contributed by atoms with Crippen LogP contribution in [0.3, 0.4) is 0 Å². The van der Waals surface area contributed by atoms with E-state index in [-0.39, 0.29) is 23.4 Å². The largest absolute Gasteiger partial charge is 0.459 e. The number of halogens is 1. The molecule has 0 bridgehead atoms. The fourth-order valence-corrected chi connectivity index (χ4v) is 4.54. The van der Waals surface area contributed by atoms with Gasteiger partial charge in [-0.2, -0.15) is 5.10 Å². The molecule has 1 aliphatic rings. The van der Waals surface area contributed by atoms with Crippen molar-refractivity contribution in [3.63, 3.8) is 0 Å². The lowest BCUT2D eigenvalue weighted by atomic mass is 9.83. The first-order chi connectivity index (χ1) is 15.4. The Balaban J connectivity index is 1.92. The summed E-state index contributed by atoms with van der Waals surface area (Å²) in [6.45, 7) is 11.5. The smallest absolute Gasteiger partial charge is 0.342 e. The highest BCUT2D eigenvalue weighted by Gasteiger charge is 2.39. The Bertz CT molecular complexity index is 1310. The molecule has 0 saturated heterocycles. The number of amides is 1. The van der Waals surface area contributed by atoms with Crippen LogP contribution in [0.25, 0.3) is 16.6 Å². The lowest BCUT2D eigenvalue weighted by molar-refractivity contribution is -0.140. The van der Waals surface area contributed by atoms with Crippen LogP contribution in [0.5, 0.6) is 0 Å². The Morgan fingerprint density at radius 3 is 2.58 bits per heavy atom. The summed E-state index contributed by atoms with van der Waals surface area (Å²) in [6.07, 6.45) is 1.23. The number of benzene rings is 1. The number of carbonyl (C=O) groups is 2. The summed E-state index contributed by atoms with van der Waals surface area (Å²) in [4.78, 5) is 31.6. The van der Waals surface area contributed by atoms with Gasteiger partial charge < -0.3 is 14.6 Å². The van der Waals surface area contributed by atoms with E-state index in [1.165, 1.54) is 23.1 Å². The van der Waals surface area contributed by atoms with Crippen molar-refractivity contribution < 1.29 is 18.7 Å². The molecular formula is C25H29FN4O3. The summed E-state index contributed by atoms with van der Waals surface area (Å²) in [7, 11) is 1.87. The minimum absolute atomic E-state index is 0.270. The van der Waals surface area contributed by atoms with E-state index < -0.39 is 11.4 Å². The normalized spacial score (nSPS) is 15.4. The number of aryl methyl sites for hydroxylation is 3. The van der Waals surface area contributed by atoms with Gasteiger partial charge in [-0.1, -0.05) is 13.8 Å². The lowest BCUT2D eigenvalue weighted by Crippen LogP contribution is -2.37. The first kappa shape index (κ1) is 22.8. The molecular weight excluding hydrogens is 423 g/mol. The monoisotopic (exact) mass is 452 g/mol. The highest BCUT2D eigenvalue weighted by molar-refractivity contribution is 6.18. The van der Waals surface area contributed by atoms with Crippen LogP contribution < -0.4 is 0 Å². The average molecular weight is 453 g/mol. The Kier molecular flexibility index (Phi) is 5.42. The van der Waals surface area contributed by atoms with E-state index in [0.717, 1.165) is 22.3 Å². The molecule has 1 aromatic carbocycles. The number of hydrogen-bond donors (Lipinski definition) is 1. The molecule has 0 atom stereocenters. The van der Waals surface area contributed by atoms with Crippen molar-refractivity contribution in [1.29, 1.82) is 0 Å². The summed E-state index contributed by atoms with van der Waals surface area (Å²) in [5, 5.41) is 4.53. The van der Waals surface area contributed by atoms with Gasteiger partial charge in [-0.15, -0.1) is 0 Å². The van der Waals surface area contributed by atoms with Crippen LogP contribution in [0.2, 0.25) is 0 Å². The first-order valence-corrected chi connectivity index (χ1v) is 11.0. The zero-order valence-electron chi connectivity index (χ0n) is 20.0. The molecule has 4 rings (SSSR count). The van der Waals surface area contributed by atoms with Crippen LogP contribution in [-0.2, 0) is 22.0 Å². The van der Waals surface area contributed by atoms with Gasteiger partial charge in [0.05, 0.1) is 34.1 Å². The molecule has 1 N–H and O–H groups in total. The van der Waals surface area contributed by atoms with E-state index in [1.54, 1.807) is 31.7 Å². The maximum Gasteiger partial charge on any atom is 0.342 e. The SMILES string of the molecule is Cc1cc(C(=O)N2C=C(C(=O)OC(C)C)c3[nH]c4c(C)nn(C)c4c3C(C)(C)C2)ccc1F. The summed E-state index contributed by atoms with van der Waals surface area (Å²) in [5.74, 6) is -1.21. The number of fused-ring (bicyclic) bond motifs is 3. The molecule has 2 aromatic heterocycles. The Labute approximate surface area is 192 Å². The molecule has 33 heavy (non-hydrogen) atoms. The van der Waals surface area contributed by atoms with Gasteiger partial charge in [0.2, 0.25) is 0 Å². The maximum atomic E-state index is 13.8.